The third-order valence-electron chi connectivity index (χ3n) is 1.76. The number of aliphatic hydroxyl groups excluding tert-OH is 1. The van der Waals surface area contributed by atoms with Gasteiger partial charge in [0, 0.05) is 11.3 Å². The minimum absolute atomic E-state index is 0.107. The molecule has 0 fully saturated rings. The van der Waals surface area contributed by atoms with Crippen molar-refractivity contribution >= 4 is 12.1 Å². The second kappa shape index (κ2) is 5.24. The van der Waals surface area contributed by atoms with E-state index in [1.54, 1.807) is 18.2 Å². The second-order valence-electron chi connectivity index (χ2n) is 2.68. The van der Waals surface area contributed by atoms with Crippen LogP contribution in [0.25, 0.3) is 0 Å². The Hall–Kier alpha value is -1.55. The van der Waals surface area contributed by atoms with E-state index in [1.165, 1.54) is 0 Å². The van der Waals surface area contributed by atoms with Crippen LogP contribution < -0.4 is 10.1 Å². The third-order valence-corrected chi connectivity index (χ3v) is 1.76. The molecule has 0 heterocycles. The predicted octanol–water partition coefficient (Wildman–Crippen LogP) is 1.15. The Labute approximate surface area is 82.5 Å². The topological polar surface area (TPSA) is 58.6 Å². The quantitative estimate of drug-likeness (QED) is 0.693. The van der Waals surface area contributed by atoms with E-state index in [0.29, 0.717) is 30.0 Å². The maximum absolute atomic E-state index is 10.2. The molecule has 0 aromatic heterocycles. The molecule has 1 aromatic carbocycles. The van der Waals surface area contributed by atoms with Gasteiger partial charge >= 0.3 is 0 Å². The highest BCUT2D eigenvalue weighted by Gasteiger charge is 2.03. The van der Waals surface area contributed by atoms with Crippen molar-refractivity contribution in [2.75, 3.05) is 11.9 Å². The van der Waals surface area contributed by atoms with Crippen LogP contribution in [0.5, 0.6) is 5.75 Å². The van der Waals surface area contributed by atoms with E-state index in [-0.39, 0.29) is 6.61 Å². The highest BCUT2D eigenvalue weighted by atomic mass is 16.5. The van der Waals surface area contributed by atoms with Crippen molar-refractivity contribution in [1.82, 2.24) is 0 Å². The van der Waals surface area contributed by atoms with Gasteiger partial charge in [0.2, 0.25) is 6.41 Å². The molecule has 14 heavy (non-hydrogen) atoms. The van der Waals surface area contributed by atoms with Gasteiger partial charge in [-0.2, -0.15) is 0 Å². The highest BCUT2D eigenvalue weighted by Crippen LogP contribution is 2.22. The van der Waals surface area contributed by atoms with Crippen molar-refractivity contribution in [3.63, 3.8) is 0 Å². The van der Waals surface area contributed by atoms with Crippen molar-refractivity contribution in [1.29, 1.82) is 0 Å². The average molecular weight is 195 g/mol. The van der Waals surface area contributed by atoms with Crippen LogP contribution in [-0.2, 0) is 11.4 Å². The molecule has 0 aliphatic rings. The minimum Gasteiger partial charge on any atom is -0.494 e. The first-order valence-corrected chi connectivity index (χ1v) is 4.38. The number of ether oxygens (including phenoxy) is 1. The van der Waals surface area contributed by atoms with Gasteiger partial charge in [0.15, 0.2) is 0 Å². The standard InChI is InChI=1S/C10H13NO3/c1-2-14-10-4-3-9(11-7-13)5-8(10)6-12/h3-5,7,12H,2,6H2,1H3,(H,11,13). The van der Waals surface area contributed by atoms with Gasteiger partial charge in [-0.15, -0.1) is 0 Å². The lowest BCUT2D eigenvalue weighted by molar-refractivity contribution is -0.105. The number of nitrogens with one attached hydrogen (secondary N) is 1. The summed E-state index contributed by atoms with van der Waals surface area (Å²) in [6.07, 6.45) is 0.594. The molecule has 0 bridgehead atoms. The molecule has 0 saturated carbocycles. The monoisotopic (exact) mass is 195 g/mol. The fourth-order valence-corrected chi connectivity index (χ4v) is 1.16. The number of rotatable bonds is 5. The molecular weight excluding hydrogens is 182 g/mol. The number of hydrogen-bond acceptors (Lipinski definition) is 3. The van der Waals surface area contributed by atoms with Crippen LogP contribution in [0.3, 0.4) is 0 Å². The number of carbonyl (C=O) groups is 1. The molecule has 0 saturated heterocycles. The second-order valence-corrected chi connectivity index (χ2v) is 2.68. The summed E-state index contributed by atoms with van der Waals surface area (Å²) in [6.45, 7) is 2.32. The first kappa shape index (κ1) is 10.5. The molecule has 1 amide bonds. The fraction of sp³-hybridized carbons (Fsp3) is 0.300. The zero-order chi connectivity index (χ0) is 10.4. The molecule has 76 valence electrons. The summed E-state index contributed by atoms with van der Waals surface area (Å²) >= 11 is 0. The predicted molar refractivity (Wildman–Crippen MR) is 53.2 cm³/mol. The van der Waals surface area contributed by atoms with Crippen LogP contribution in [0.1, 0.15) is 12.5 Å². The maximum atomic E-state index is 10.2. The Morgan fingerprint density at radius 1 is 1.57 bits per heavy atom. The Kier molecular flexibility index (Phi) is 3.94. The summed E-state index contributed by atoms with van der Waals surface area (Å²) in [5.41, 5.74) is 1.31. The largest absolute Gasteiger partial charge is 0.494 e. The van der Waals surface area contributed by atoms with Gasteiger partial charge in [0.05, 0.1) is 13.2 Å². The molecule has 0 radical (unpaired) electrons. The third kappa shape index (κ3) is 2.47. The van der Waals surface area contributed by atoms with Crippen LogP contribution in [0.2, 0.25) is 0 Å². The summed E-state index contributed by atoms with van der Waals surface area (Å²) in [5, 5.41) is 11.5. The van der Waals surface area contributed by atoms with Crippen LogP contribution in [0, 0.1) is 0 Å². The summed E-state index contributed by atoms with van der Waals surface area (Å²) in [7, 11) is 0. The lowest BCUT2D eigenvalue weighted by Gasteiger charge is -2.09. The van der Waals surface area contributed by atoms with Crippen LogP contribution in [0.4, 0.5) is 5.69 Å². The average Bonchev–Trinajstić information content (AvgIpc) is 2.21. The van der Waals surface area contributed by atoms with Gasteiger partial charge in [0.1, 0.15) is 5.75 Å². The van der Waals surface area contributed by atoms with Gasteiger partial charge in [-0.05, 0) is 25.1 Å². The zero-order valence-electron chi connectivity index (χ0n) is 7.99. The maximum Gasteiger partial charge on any atom is 0.211 e. The number of hydrogen-bond donors (Lipinski definition) is 2. The number of anilines is 1. The molecule has 2 N–H and O–H groups in total. The van der Waals surface area contributed by atoms with Gasteiger partial charge in [-0.25, -0.2) is 0 Å². The van der Waals surface area contributed by atoms with Gasteiger partial charge < -0.3 is 15.2 Å². The molecule has 1 rings (SSSR count). The first-order chi connectivity index (χ1) is 6.81. The molecule has 0 aliphatic heterocycles. The van der Waals surface area contributed by atoms with E-state index in [9.17, 15) is 4.79 Å². The Bertz CT molecular complexity index is 312. The summed E-state index contributed by atoms with van der Waals surface area (Å²) in [5.74, 6) is 0.645. The number of benzene rings is 1. The summed E-state index contributed by atoms with van der Waals surface area (Å²) in [4.78, 5) is 10.2. The van der Waals surface area contributed by atoms with E-state index in [0.717, 1.165) is 0 Å². The summed E-state index contributed by atoms with van der Waals surface area (Å²) in [6, 6.07) is 5.12. The lowest BCUT2D eigenvalue weighted by Crippen LogP contribution is -1.99. The molecule has 0 spiro atoms. The van der Waals surface area contributed by atoms with Gasteiger partial charge in [-0.1, -0.05) is 0 Å². The van der Waals surface area contributed by atoms with Gasteiger partial charge in [0.25, 0.3) is 0 Å². The van der Waals surface area contributed by atoms with Crippen LogP contribution in [0.15, 0.2) is 18.2 Å². The smallest absolute Gasteiger partial charge is 0.211 e. The van der Waals surface area contributed by atoms with E-state index < -0.39 is 0 Å². The van der Waals surface area contributed by atoms with E-state index in [4.69, 9.17) is 9.84 Å². The number of amides is 1. The lowest BCUT2D eigenvalue weighted by atomic mass is 10.2. The van der Waals surface area contributed by atoms with Crippen molar-refractivity contribution in [3.8, 4) is 5.75 Å². The molecule has 4 nitrogen and oxygen atoms in total. The van der Waals surface area contributed by atoms with E-state index in [2.05, 4.69) is 5.32 Å². The Balaban J connectivity index is 2.92. The van der Waals surface area contributed by atoms with Crippen molar-refractivity contribution in [2.45, 2.75) is 13.5 Å². The molecule has 0 unspecified atom stereocenters. The van der Waals surface area contributed by atoms with E-state index >= 15 is 0 Å². The number of carbonyl (C=O) groups excluding carboxylic acids is 1. The molecule has 0 aliphatic carbocycles. The van der Waals surface area contributed by atoms with Gasteiger partial charge in [-0.3, -0.25) is 4.79 Å². The SMILES string of the molecule is CCOc1ccc(NC=O)cc1CO. The van der Waals surface area contributed by atoms with Crippen LogP contribution >= 0.6 is 0 Å². The number of aliphatic hydroxyl groups is 1. The normalized spacial score (nSPS) is 9.57. The van der Waals surface area contributed by atoms with Crippen LogP contribution in [-0.4, -0.2) is 18.1 Å². The zero-order valence-corrected chi connectivity index (χ0v) is 7.99. The molecule has 0 atom stereocenters. The first-order valence-electron chi connectivity index (χ1n) is 4.38. The summed E-state index contributed by atoms with van der Waals surface area (Å²) < 4.78 is 5.28. The van der Waals surface area contributed by atoms with Crippen molar-refractivity contribution in [3.05, 3.63) is 23.8 Å². The van der Waals surface area contributed by atoms with E-state index in [1.807, 2.05) is 6.92 Å². The molecule has 1 aromatic rings. The van der Waals surface area contributed by atoms with Crippen molar-refractivity contribution in [2.24, 2.45) is 0 Å². The Morgan fingerprint density at radius 3 is 2.93 bits per heavy atom. The molecule has 4 heteroatoms. The fourth-order valence-electron chi connectivity index (χ4n) is 1.16. The minimum atomic E-state index is -0.107. The van der Waals surface area contributed by atoms with Crippen molar-refractivity contribution < 1.29 is 14.6 Å². The highest BCUT2D eigenvalue weighted by molar-refractivity contribution is 5.72. The molecular formula is C10H13NO3. The Morgan fingerprint density at radius 2 is 2.36 bits per heavy atom.